The smallest absolute Gasteiger partial charge is 0.407 e. The highest BCUT2D eigenvalue weighted by atomic mass is 16.6. The largest absolute Gasteiger partial charge is 0.444 e. The van der Waals surface area contributed by atoms with E-state index in [9.17, 15) is 4.79 Å². The van der Waals surface area contributed by atoms with Crippen LogP contribution in [0.15, 0.2) is 0 Å². The maximum absolute atomic E-state index is 11.6. The van der Waals surface area contributed by atoms with Crippen LogP contribution in [0.25, 0.3) is 0 Å². The van der Waals surface area contributed by atoms with E-state index in [-0.39, 0.29) is 6.09 Å². The number of hydrogen-bond acceptors (Lipinski definition) is 2. The first-order valence-corrected chi connectivity index (χ1v) is 6.40. The molecule has 94 valence electrons. The third-order valence-corrected chi connectivity index (χ3v) is 3.08. The van der Waals surface area contributed by atoms with Crippen LogP contribution in [0.5, 0.6) is 0 Å². The van der Waals surface area contributed by atoms with Crippen molar-refractivity contribution in [1.29, 1.82) is 0 Å². The Morgan fingerprint density at radius 2 is 2.06 bits per heavy atom. The zero-order valence-electron chi connectivity index (χ0n) is 11.0. The molecule has 2 atom stereocenters. The van der Waals surface area contributed by atoms with Gasteiger partial charge in [-0.2, -0.15) is 0 Å². The first kappa shape index (κ1) is 13.3. The molecule has 1 fully saturated rings. The molecule has 1 N–H and O–H groups in total. The fourth-order valence-electron chi connectivity index (χ4n) is 2.27. The number of amides is 1. The number of rotatable bonds is 2. The minimum Gasteiger partial charge on any atom is -0.444 e. The highest BCUT2D eigenvalue weighted by Crippen LogP contribution is 2.26. The molecule has 0 heterocycles. The zero-order chi connectivity index (χ0) is 12.2. The van der Waals surface area contributed by atoms with E-state index in [1.54, 1.807) is 0 Å². The van der Waals surface area contributed by atoms with Gasteiger partial charge in [0, 0.05) is 6.04 Å². The van der Waals surface area contributed by atoms with Gasteiger partial charge >= 0.3 is 6.09 Å². The molecule has 0 aromatic heterocycles. The molecule has 0 radical (unpaired) electrons. The van der Waals surface area contributed by atoms with Crippen molar-refractivity contribution in [2.45, 2.75) is 71.4 Å². The van der Waals surface area contributed by atoms with Crippen molar-refractivity contribution in [2.24, 2.45) is 5.92 Å². The van der Waals surface area contributed by atoms with Crippen molar-refractivity contribution in [3.8, 4) is 0 Å². The average molecular weight is 227 g/mol. The van der Waals surface area contributed by atoms with Gasteiger partial charge in [0.15, 0.2) is 0 Å². The van der Waals surface area contributed by atoms with Gasteiger partial charge in [-0.3, -0.25) is 0 Å². The summed E-state index contributed by atoms with van der Waals surface area (Å²) in [6.07, 6.45) is 5.68. The van der Waals surface area contributed by atoms with Crippen molar-refractivity contribution in [3.63, 3.8) is 0 Å². The number of nitrogens with one attached hydrogen (secondary N) is 1. The molecule has 2 unspecified atom stereocenters. The second kappa shape index (κ2) is 5.55. The number of carbonyl (C=O) groups excluding carboxylic acids is 1. The number of alkyl carbamates (subject to hydrolysis) is 1. The molecule has 0 saturated heterocycles. The Hall–Kier alpha value is -0.730. The summed E-state index contributed by atoms with van der Waals surface area (Å²) in [6.45, 7) is 7.90. The second-order valence-electron chi connectivity index (χ2n) is 5.78. The van der Waals surface area contributed by atoms with Gasteiger partial charge in [-0.1, -0.05) is 26.2 Å². The van der Waals surface area contributed by atoms with Crippen molar-refractivity contribution in [1.82, 2.24) is 5.32 Å². The molecule has 0 aromatic carbocycles. The topological polar surface area (TPSA) is 38.3 Å². The molecule has 0 aliphatic heterocycles. The first-order valence-electron chi connectivity index (χ1n) is 6.40. The summed E-state index contributed by atoms with van der Waals surface area (Å²) in [5.74, 6) is 0.772. The summed E-state index contributed by atoms with van der Waals surface area (Å²) in [6, 6.07) is 0.313. The van der Waals surface area contributed by atoms with Gasteiger partial charge in [0.05, 0.1) is 0 Å². The Bertz CT molecular complexity index is 233. The van der Waals surface area contributed by atoms with E-state index in [1.165, 1.54) is 19.3 Å². The van der Waals surface area contributed by atoms with Crippen molar-refractivity contribution in [2.75, 3.05) is 0 Å². The Balaban J connectivity index is 2.33. The quantitative estimate of drug-likeness (QED) is 0.784. The highest BCUT2D eigenvalue weighted by molar-refractivity contribution is 5.68. The molecule has 0 spiro atoms. The lowest BCUT2D eigenvalue weighted by Gasteiger charge is -2.30. The summed E-state index contributed by atoms with van der Waals surface area (Å²) in [4.78, 5) is 11.6. The van der Waals surface area contributed by atoms with E-state index in [4.69, 9.17) is 4.74 Å². The van der Waals surface area contributed by atoms with Gasteiger partial charge in [0.1, 0.15) is 5.60 Å². The van der Waals surface area contributed by atoms with E-state index in [0.29, 0.717) is 6.04 Å². The van der Waals surface area contributed by atoms with E-state index in [2.05, 4.69) is 12.2 Å². The summed E-state index contributed by atoms with van der Waals surface area (Å²) in [5, 5.41) is 2.98. The van der Waals surface area contributed by atoms with Crippen LogP contribution in [-0.4, -0.2) is 17.7 Å². The second-order valence-corrected chi connectivity index (χ2v) is 5.78. The predicted octanol–water partition coefficient (Wildman–Crippen LogP) is 3.48. The van der Waals surface area contributed by atoms with E-state index in [0.717, 1.165) is 18.8 Å². The predicted molar refractivity (Wildman–Crippen MR) is 65.4 cm³/mol. The molecule has 1 aliphatic rings. The van der Waals surface area contributed by atoms with Crippen molar-refractivity contribution < 1.29 is 9.53 Å². The normalized spacial score (nSPS) is 26.2. The number of hydrogen-bond donors (Lipinski definition) is 1. The fourth-order valence-corrected chi connectivity index (χ4v) is 2.27. The molecular weight excluding hydrogens is 202 g/mol. The highest BCUT2D eigenvalue weighted by Gasteiger charge is 2.24. The van der Waals surface area contributed by atoms with Gasteiger partial charge in [0.2, 0.25) is 0 Å². The SMILES string of the molecule is CCC1CCCC(NC(=O)OC(C)(C)C)C1. The van der Waals surface area contributed by atoms with Crippen LogP contribution in [0.3, 0.4) is 0 Å². The lowest BCUT2D eigenvalue weighted by Crippen LogP contribution is -2.41. The van der Waals surface area contributed by atoms with Crippen molar-refractivity contribution >= 4 is 6.09 Å². The minimum atomic E-state index is -0.400. The Morgan fingerprint density at radius 3 is 2.62 bits per heavy atom. The zero-order valence-corrected chi connectivity index (χ0v) is 11.0. The summed E-state index contributed by atoms with van der Waals surface area (Å²) in [7, 11) is 0. The van der Waals surface area contributed by atoms with Crippen LogP contribution in [0.1, 0.15) is 59.8 Å². The van der Waals surface area contributed by atoms with Crippen LogP contribution < -0.4 is 5.32 Å². The van der Waals surface area contributed by atoms with E-state index in [1.807, 2.05) is 20.8 Å². The Labute approximate surface area is 98.9 Å². The van der Waals surface area contributed by atoms with Crippen LogP contribution >= 0.6 is 0 Å². The summed E-state index contributed by atoms with van der Waals surface area (Å²) in [5.41, 5.74) is -0.400. The lowest BCUT2D eigenvalue weighted by atomic mass is 9.84. The summed E-state index contributed by atoms with van der Waals surface area (Å²) >= 11 is 0. The molecule has 0 bridgehead atoms. The molecular formula is C13H25NO2. The van der Waals surface area contributed by atoms with Gasteiger partial charge in [-0.25, -0.2) is 4.79 Å². The molecule has 1 aliphatic carbocycles. The lowest BCUT2D eigenvalue weighted by molar-refractivity contribution is 0.0484. The summed E-state index contributed by atoms with van der Waals surface area (Å²) < 4.78 is 5.26. The van der Waals surface area contributed by atoms with E-state index >= 15 is 0 Å². The van der Waals surface area contributed by atoms with Crippen molar-refractivity contribution in [3.05, 3.63) is 0 Å². The number of carbonyl (C=O) groups is 1. The van der Waals surface area contributed by atoms with Gasteiger partial charge in [-0.15, -0.1) is 0 Å². The van der Waals surface area contributed by atoms with Gasteiger partial charge < -0.3 is 10.1 Å². The molecule has 0 aromatic rings. The minimum absolute atomic E-state index is 0.269. The first-order chi connectivity index (χ1) is 7.40. The molecule has 1 rings (SSSR count). The van der Waals surface area contributed by atoms with E-state index < -0.39 is 5.60 Å². The molecule has 1 amide bonds. The third-order valence-electron chi connectivity index (χ3n) is 3.08. The van der Waals surface area contributed by atoms with Gasteiger partial charge in [0.25, 0.3) is 0 Å². The standard InChI is InChI=1S/C13H25NO2/c1-5-10-7-6-8-11(9-10)14-12(15)16-13(2,3)4/h10-11H,5-9H2,1-4H3,(H,14,15). The average Bonchev–Trinajstić information content (AvgIpc) is 2.15. The van der Waals surface area contributed by atoms with Gasteiger partial charge in [-0.05, 0) is 39.5 Å². The third kappa shape index (κ3) is 4.86. The van der Waals surface area contributed by atoms with Crippen LogP contribution in [0.2, 0.25) is 0 Å². The molecule has 3 nitrogen and oxygen atoms in total. The molecule has 3 heteroatoms. The van der Waals surface area contributed by atoms with Crippen LogP contribution in [-0.2, 0) is 4.74 Å². The Kier molecular flexibility index (Phi) is 4.63. The van der Waals surface area contributed by atoms with Crippen LogP contribution in [0.4, 0.5) is 4.79 Å². The molecule has 1 saturated carbocycles. The number of ether oxygens (including phenoxy) is 1. The maximum Gasteiger partial charge on any atom is 0.407 e. The fraction of sp³-hybridized carbons (Fsp3) is 0.923. The Morgan fingerprint density at radius 1 is 1.38 bits per heavy atom. The monoisotopic (exact) mass is 227 g/mol. The molecule has 16 heavy (non-hydrogen) atoms. The van der Waals surface area contributed by atoms with Crippen LogP contribution in [0, 0.1) is 5.92 Å². The maximum atomic E-state index is 11.6.